The molecule has 1 saturated heterocycles. The number of rotatable bonds is 5. The molecule has 1 aromatic carbocycles. The number of carbonyl (C=O) groups is 2. The van der Waals surface area contributed by atoms with Crippen LogP contribution in [-0.2, 0) is 9.59 Å². The maximum Gasteiger partial charge on any atom is 0.229 e. The van der Waals surface area contributed by atoms with Crippen LogP contribution in [-0.4, -0.2) is 35.1 Å². The molecule has 1 heterocycles. The van der Waals surface area contributed by atoms with Gasteiger partial charge in [-0.05, 0) is 49.9 Å². The molecule has 24 heavy (non-hydrogen) atoms. The maximum atomic E-state index is 12.5. The highest BCUT2D eigenvalue weighted by Gasteiger charge is 2.27. The summed E-state index contributed by atoms with van der Waals surface area (Å²) in [5.41, 5.74) is 1.95. The minimum atomic E-state index is -0.115. The van der Waals surface area contributed by atoms with Gasteiger partial charge in [0.2, 0.25) is 11.8 Å². The van der Waals surface area contributed by atoms with Crippen LogP contribution < -0.4 is 5.32 Å². The van der Waals surface area contributed by atoms with Gasteiger partial charge in [0.25, 0.3) is 0 Å². The van der Waals surface area contributed by atoms with Crippen molar-refractivity contribution in [3.8, 4) is 0 Å². The molecule has 0 spiro atoms. The average molecular weight is 349 g/mol. The molecule has 2 atom stereocenters. The van der Waals surface area contributed by atoms with Crippen LogP contribution in [0.1, 0.15) is 45.6 Å². The van der Waals surface area contributed by atoms with Crippen LogP contribution in [0.4, 0.5) is 5.69 Å². The summed E-state index contributed by atoms with van der Waals surface area (Å²) >= 11 is 1.86. The van der Waals surface area contributed by atoms with E-state index in [1.165, 1.54) is 4.90 Å². The van der Waals surface area contributed by atoms with Crippen molar-refractivity contribution in [3.63, 3.8) is 0 Å². The van der Waals surface area contributed by atoms with E-state index in [4.69, 9.17) is 0 Å². The molecule has 1 N–H and O–H groups in total. The van der Waals surface area contributed by atoms with Gasteiger partial charge in [-0.1, -0.05) is 13.8 Å². The number of aryl methyl sites for hydroxylation is 1. The normalized spacial score (nSPS) is 19.0. The summed E-state index contributed by atoms with van der Waals surface area (Å²) in [6, 6.07) is 6.20. The molecule has 0 saturated carbocycles. The average Bonchev–Trinajstić information content (AvgIpc) is 2.57. The molecule has 0 aromatic heterocycles. The Morgan fingerprint density at radius 2 is 2.17 bits per heavy atom. The largest absolute Gasteiger partial charge is 0.342 e. The fraction of sp³-hybridized carbons (Fsp3) is 0.579. The molecule has 2 amide bonds. The molecule has 4 nitrogen and oxygen atoms in total. The van der Waals surface area contributed by atoms with Gasteiger partial charge in [0.05, 0.1) is 5.92 Å². The van der Waals surface area contributed by atoms with Crippen LogP contribution in [0.25, 0.3) is 0 Å². The molecule has 2 rings (SSSR count). The van der Waals surface area contributed by atoms with Crippen molar-refractivity contribution in [2.45, 2.75) is 57.1 Å². The van der Waals surface area contributed by atoms with Crippen LogP contribution in [0.5, 0.6) is 0 Å². The molecule has 1 fully saturated rings. The third-order valence-corrected chi connectivity index (χ3v) is 5.87. The fourth-order valence-corrected chi connectivity index (χ4v) is 3.90. The zero-order valence-electron chi connectivity index (χ0n) is 15.1. The number of benzene rings is 1. The number of amides is 2. The number of nitrogens with zero attached hydrogens (tertiary/aromatic N) is 1. The summed E-state index contributed by atoms with van der Waals surface area (Å²) in [6.07, 6.45) is 2.87. The van der Waals surface area contributed by atoms with Crippen LogP contribution in [0.2, 0.25) is 0 Å². The zero-order valence-corrected chi connectivity index (χ0v) is 15.9. The smallest absolute Gasteiger partial charge is 0.229 e. The molecule has 1 aliphatic rings. The van der Waals surface area contributed by atoms with E-state index in [-0.39, 0.29) is 17.7 Å². The van der Waals surface area contributed by atoms with E-state index in [2.05, 4.69) is 31.3 Å². The highest BCUT2D eigenvalue weighted by molar-refractivity contribution is 7.99. The van der Waals surface area contributed by atoms with Gasteiger partial charge in [0.1, 0.15) is 0 Å². The highest BCUT2D eigenvalue weighted by Crippen LogP contribution is 2.29. The Balaban J connectivity index is 1.99. The van der Waals surface area contributed by atoms with Crippen molar-refractivity contribution in [1.82, 2.24) is 4.90 Å². The fourth-order valence-electron chi connectivity index (χ4n) is 2.88. The first kappa shape index (κ1) is 18.8. The third-order valence-electron chi connectivity index (χ3n) is 4.61. The Kier molecular flexibility index (Phi) is 6.72. The molecule has 5 heteroatoms. The van der Waals surface area contributed by atoms with Crippen LogP contribution in [0.3, 0.4) is 0 Å². The first-order valence-corrected chi connectivity index (χ1v) is 9.62. The molecule has 1 aromatic rings. The second-order valence-corrected chi connectivity index (χ2v) is 8.12. The molecular weight excluding hydrogens is 320 g/mol. The van der Waals surface area contributed by atoms with E-state index in [9.17, 15) is 9.59 Å². The van der Waals surface area contributed by atoms with Gasteiger partial charge in [-0.15, -0.1) is 11.8 Å². The molecule has 0 unspecified atom stereocenters. The van der Waals surface area contributed by atoms with Crippen molar-refractivity contribution >= 4 is 29.3 Å². The van der Waals surface area contributed by atoms with Crippen molar-refractivity contribution in [2.75, 3.05) is 18.4 Å². The van der Waals surface area contributed by atoms with Gasteiger partial charge in [-0.2, -0.15) is 0 Å². The summed E-state index contributed by atoms with van der Waals surface area (Å²) in [7, 11) is 0. The van der Waals surface area contributed by atoms with E-state index in [1.807, 2.05) is 24.8 Å². The van der Waals surface area contributed by atoms with Crippen molar-refractivity contribution in [1.29, 1.82) is 0 Å². The molecule has 0 aliphatic carbocycles. The summed E-state index contributed by atoms with van der Waals surface area (Å²) in [5.74, 6) is -0.0438. The van der Waals surface area contributed by atoms with Gasteiger partial charge >= 0.3 is 0 Å². The van der Waals surface area contributed by atoms with E-state index in [0.717, 1.165) is 37.1 Å². The first-order chi connectivity index (χ1) is 11.4. The maximum absolute atomic E-state index is 12.5. The van der Waals surface area contributed by atoms with E-state index in [1.54, 1.807) is 11.8 Å². The molecular formula is C19H28N2O2S. The van der Waals surface area contributed by atoms with Crippen molar-refractivity contribution in [2.24, 2.45) is 5.92 Å². The molecule has 1 aliphatic heterocycles. The quantitative estimate of drug-likeness (QED) is 0.816. The highest BCUT2D eigenvalue weighted by atomic mass is 32.2. The minimum absolute atomic E-state index is 0.0198. The lowest BCUT2D eigenvalue weighted by Gasteiger charge is -2.31. The number of likely N-dealkylation sites (tertiary alicyclic amines) is 1. The monoisotopic (exact) mass is 348 g/mol. The molecule has 132 valence electrons. The Labute approximate surface area is 149 Å². The van der Waals surface area contributed by atoms with Gasteiger partial charge in [-0.25, -0.2) is 0 Å². The number of hydrogen-bond donors (Lipinski definition) is 1. The third kappa shape index (κ3) is 5.00. The number of hydrogen-bond acceptors (Lipinski definition) is 3. The number of piperidine rings is 1. The Hall–Kier alpha value is -1.49. The Bertz CT molecular complexity index is 603. The van der Waals surface area contributed by atoms with E-state index < -0.39 is 0 Å². The summed E-state index contributed by atoms with van der Waals surface area (Å²) in [5, 5.41) is 3.64. The van der Waals surface area contributed by atoms with E-state index >= 15 is 0 Å². The lowest BCUT2D eigenvalue weighted by molar-refractivity contribution is -0.132. The standard InChI is InChI=1S/C19H28N2O2S/c1-5-14(3)24-17-8-9-18(13(2)11-17)20-19(23)16-7-6-10-21(12-16)15(4)22/h8-9,11,14,16H,5-7,10,12H2,1-4H3,(H,20,23)/t14-,16-/m0/s1. The van der Waals surface area contributed by atoms with Gasteiger partial charge < -0.3 is 10.2 Å². The van der Waals surface area contributed by atoms with Crippen LogP contribution in [0, 0.1) is 12.8 Å². The zero-order chi connectivity index (χ0) is 17.7. The van der Waals surface area contributed by atoms with Gasteiger partial charge in [0.15, 0.2) is 0 Å². The topological polar surface area (TPSA) is 49.4 Å². The predicted molar refractivity (Wildman–Crippen MR) is 100 cm³/mol. The van der Waals surface area contributed by atoms with Crippen LogP contribution in [0.15, 0.2) is 23.1 Å². The minimum Gasteiger partial charge on any atom is -0.342 e. The number of anilines is 1. The van der Waals surface area contributed by atoms with Crippen LogP contribution >= 0.6 is 11.8 Å². The summed E-state index contributed by atoms with van der Waals surface area (Å²) < 4.78 is 0. The SMILES string of the molecule is CC[C@H](C)Sc1ccc(NC(=O)[C@H]2CCCN(C(C)=O)C2)c(C)c1. The number of nitrogens with one attached hydrogen (secondary N) is 1. The lowest BCUT2D eigenvalue weighted by atomic mass is 9.97. The van der Waals surface area contributed by atoms with Crippen molar-refractivity contribution in [3.05, 3.63) is 23.8 Å². The summed E-state index contributed by atoms with van der Waals surface area (Å²) in [4.78, 5) is 27.1. The number of thioether (sulfide) groups is 1. The molecule has 0 radical (unpaired) electrons. The second-order valence-electron chi connectivity index (χ2n) is 6.61. The summed E-state index contributed by atoms with van der Waals surface area (Å²) in [6.45, 7) is 9.30. The van der Waals surface area contributed by atoms with Gasteiger partial charge in [-0.3, -0.25) is 9.59 Å². The first-order valence-electron chi connectivity index (χ1n) is 8.74. The van der Waals surface area contributed by atoms with Gasteiger partial charge in [0, 0.05) is 35.8 Å². The van der Waals surface area contributed by atoms with Crippen molar-refractivity contribution < 1.29 is 9.59 Å². The number of carbonyl (C=O) groups excluding carboxylic acids is 2. The second kappa shape index (κ2) is 8.56. The predicted octanol–water partition coefficient (Wildman–Crippen LogP) is 4.08. The Morgan fingerprint density at radius 1 is 1.42 bits per heavy atom. The Morgan fingerprint density at radius 3 is 2.79 bits per heavy atom. The van der Waals surface area contributed by atoms with E-state index in [0.29, 0.717) is 11.8 Å². The molecule has 0 bridgehead atoms. The lowest BCUT2D eigenvalue weighted by Crippen LogP contribution is -2.42.